The quantitative estimate of drug-likeness (QED) is 0.382. The molecule has 1 heterocycles. The number of phenols is 1. The fraction of sp³-hybridized carbons (Fsp3) is 0.227. The lowest BCUT2D eigenvalue weighted by Gasteiger charge is -2.15. The van der Waals surface area contributed by atoms with Crippen molar-refractivity contribution in [2.45, 2.75) is 33.3 Å². The van der Waals surface area contributed by atoms with Gasteiger partial charge in [-0.15, -0.1) is 0 Å². The van der Waals surface area contributed by atoms with Crippen molar-refractivity contribution >= 4 is 46.1 Å². The molecule has 1 aliphatic rings. The number of carbonyl (C=O) groups excluding carboxylic acids is 2. The van der Waals surface area contributed by atoms with Crippen molar-refractivity contribution in [3.05, 3.63) is 63.6 Å². The van der Waals surface area contributed by atoms with Crippen LogP contribution < -0.4 is 10.1 Å². The third kappa shape index (κ3) is 5.05. The van der Waals surface area contributed by atoms with Crippen molar-refractivity contribution < 1.29 is 19.4 Å². The molecule has 1 fully saturated rings. The smallest absolute Gasteiger partial charge is 0.263 e. The van der Waals surface area contributed by atoms with Crippen LogP contribution in [0.25, 0.3) is 6.08 Å². The number of phenolic OH excluding ortho intramolecular Hbond substituents is 1. The molecule has 7 heteroatoms. The van der Waals surface area contributed by atoms with Crippen LogP contribution in [-0.4, -0.2) is 21.1 Å². The van der Waals surface area contributed by atoms with Gasteiger partial charge >= 0.3 is 0 Å². The summed E-state index contributed by atoms with van der Waals surface area (Å²) in [5.41, 5.74) is 2.81. The Labute approximate surface area is 179 Å². The van der Waals surface area contributed by atoms with Gasteiger partial charge in [-0.25, -0.2) is 0 Å². The number of thioether (sulfide) groups is 1. The first kappa shape index (κ1) is 21.1. The zero-order valence-corrected chi connectivity index (χ0v) is 17.8. The second-order valence-corrected chi connectivity index (χ2v) is 8.35. The highest BCUT2D eigenvalue weighted by molar-refractivity contribution is 8.26. The molecule has 0 aromatic heterocycles. The van der Waals surface area contributed by atoms with E-state index in [1.165, 1.54) is 18.7 Å². The molecule has 1 saturated heterocycles. The molecule has 0 radical (unpaired) electrons. The molecule has 29 heavy (non-hydrogen) atoms. The molecule has 5 nitrogen and oxygen atoms in total. The molecule has 2 aromatic carbocycles. The van der Waals surface area contributed by atoms with Gasteiger partial charge in [0.15, 0.2) is 5.78 Å². The number of ether oxygens (including phenoxy) is 1. The van der Waals surface area contributed by atoms with Crippen LogP contribution in [0.1, 0.15) is 47.3 Å². The van der Waals surface area contributed by atoms with Crippen LogP contribution in [0.15, 0.2) is 41.3 Å². The van der Waals surface area contributed by atoms with Crippen molar-refractivity contribution in [2.75, 3.05) is 0 Å². The van der Waals surface area contributed by atoms with Crippen LogP contribution >= 0.6 is 24.0 Å². The fourth-order valence-electron chi connectivity index (χ4n) is 2.97. The Hall–Kier alpha value is -2.64. The highest BCUT2D eigenvalue weighted by Gasteiger charge is 2.21. The normalized spacial score (nSPS) is 14.9. The number of hydrogen-bond acceptors (Lipinski definition) is 6. The van der Waals surface area contributed by atoms with E-state index < -0.39 is 0 Å². The van der Waals surface area contributed by atoms with Gasteiger partial charge in [0.2, 0.25) is 0 Å². The average Bonchev–Trinajstić information content (AvgIpc) is 3.00. The SMILES string of the molecule is CCCc1c(OCc2ccc(/C=C3/SC(=S)NC3=O)cc2)ccc(C(C)=O)c1O. The maximum Gasteiger partial charge on any atom is 0.263 e. The Morgan fingerprint density at radius 3 is 2.55 bits per heavy atom. The Kier molecular flexibility index (Phi) is 6.71. The zero-order chi connectivity index (χ0) is 21.0. The van der Waals surface area contributed by atoms with Gasteiger partial charge in [-0.2, -0.15) is 0 Å². The molecule has 1 aliphatic heterocycles. The standard InChI is InChI=1S/C22H21NO4S2/c1-3-4-17-18(10-9-16(13(2)24)20(17)25)27-12-15-7-5-14(6-8-15)11-19-21(26)23-22(28)29-19/h5-11,25H,3-4,12H2,1-2H3,(H,23,26,28)/b19-11+. The lowest BCUT2D eigenvalue weighted by Crippen LogP contribution is -2.17. The summed E-state index contributed by atoms with van der Waals surface area (Å²) in [6, 6.07) is 11.0. The molecule has 2 aromatic rings. The molecule has 150 valence electrons. The van der Waals surface area contributed by atoms with Gasteiger partial charge < -0.3 is 15.2 Å². The molecule has 0 saturated carbocycles. The predicted molar refractivity (Wildman–Crippen MR) is 119 cm³/mol. The average molecular weight is 428 g/mol. The maximum atomic E-state index is 11.7. The van der Waals surface area contributed by atoms with Crippen molar-refractivity contribution in [3.8, 4) is 11.5 Å². The number of ketones is 1. The minimum atomic E-state index is -0.176. The van der Waals surface area contributed by atoms with Crippen molar-refractivity contribution in [2.24, 2.45) is 0 Å². The first-order valence-corrected chi connectivity index (χ1v) is 10.4. The molecule has 0 spiro atoms. The van der Waals surface area contributed by atoms with E-state index in [0.717, 1.165) is 17.5 Å². The predicted octanol–water partition coefficient (Wildman–Crippen LogP) is 4.62. The van der Waals surface area contributed by atoms with Crippen molar-refractivity contribution in [3.63, 3.8) is 0 Å². The Balaban J connectivity index is 1.72. The maximum absolute atomic E-state index is 11.7. The Bertz CT molecular complexity index is 997. The van der Waals surface area contributed by atoms with Crippen LogP contribution in [0.3, 0.4) is 0 Å². The highest BCUT2D eigenvalue weighted by atomic mass is 32.2. The van der Waals surface area contributed by atoms with E-state index in [9.17, 15) is 14.7 Å². The summed E-state index contributed by atoms with van der Waals surface area (Å²) in [4.78, 5) is 24.0. The van der Waals surface area contributed by atoms with Crippen molar-refractivity contribution in [1.82, 2.24) is 5.32 Å². The highest BCUT2D eigenvalue weighted by Crippen LogP contribution is 2.33. The Morgan fingerprint density at radius 1 is 1.24 bits per heavy atom. The number of aromatic hydroxyl groups is 1. The molecular weight excluding hydrogens is 406 g/mol. The molecule has 1 amide bonds. The molecule has 0 atom stereocenters. The largest absolute Gasteiger partial charge is 0.507 e. The van der Waals surface area contributed by atoms with E-state index in [2.05, 4.69) is 5.32 Å². The van der Waals surface area contributed by atoms with Gasteiger partial charge in [0.1, 0.15) is 22.4 Å². The topological polar surface area (TPSA) is 75.6 Å². The molecule has 2 N–H and O–H groups in total. The van der Waals surface area contributed by atoms with Gasteiger partial charge in [0.25, 0.3) is 5.91 Å². The van der Waals surface area contributed by atoms with Crippen LogP contribution in [0.2, 0.25) is 0 Å². The minimum absolute atomic E-state index is 0.00378. The monoisotopic (exact) mass is 427 g/mol. The number of hydrogen-bond donors (Lipinski definition) is 2. The van der Waals surface area contributed by atoms with Crippen LogP contribution in [0, 0.1) is 0 Å². The second-order valence-electron chi connectivity index (χ2n) is 6.63. The van der Waals surface area contributed by atoms with Gasteiger partial charge in [-0.05, 0) is 42.7 Å². The third-order valence-electron chi connectivity index (χ3n) is 4.43. The lowest BCUT2D eigenvalue weighted by atomic mass is 10.0. The number of Topliss-reactive ketones (excluding diaryl/α,β-unsaturated/α-hetero) is 1. The number of nitrogens with one attached hydrogen (secondary N) is 1. The fourth-order valence-corrected chi connectivity index (χ4v) is 4.02. The third-order valence-corrected chi connectivity index (χ3v) is 5.60. The van der Waals surface area contributed by atoms with Gasteiger partial charge in [-0.3, -0.25) is 9.59 Å². The van der Waals surface area contributed by atoms with E-state index >= 15 is 0 Å². The zero-order valence-electron chi connectivity index (χ0n) is 16.2. The summed E-state index contributed by atoms with van der Waals surface area (Å²) >= 11 is 6.24. The summed E-state index contributed by atoms with van der Waals surface area (Å²) in [7, 11) is 0. The Morgan fingerprint density at radius 2 is 1.97 bits per heavy atom. The van der Waals surface area contributed by atoms with Crippen LogP contribution in [0.4, 0.5) is 0 Å². The van der Waals surface area contributed by atoms with Crippen LogP contribution in [0.5, 0.6) is 11.5 Å². The molecule has 3 rings (SSSR count). The summed E-state index contributed by atoms with van der Waals surface area (Å²) in [5, 5.41) is 13.0. The van der Waals surface area contributed by atoms with Gasteiger partial charge in [0, 0.05) is 5.56 Å². The molecular formula is C22H21NO4S2. The lowest BCUT2D eigenvalue weighted by molar-refractivity contribution is -0.115. The van der Waals surface area contributed by atoms with E-state index in [1.807, 2.05) is 31.2 Å². The summed E-state index contributed by atoms with van der Waals surface area (Å²) in [6.07, 6.45) is 3.24. The number of rotatable bonds is 7. The number of carbonyl (C=O) groups is 2. The van der Waals surface area contributed by atoms with Gasteiger partial charge in [-0.1, -0.05) is 61.6 Å². The van der Waals surface area contributed by atoms with Gasteiger partial charge in [0.05, 0.1) is 10.5 Å². The van der Waals surface area contributed by atoms with Crippen LogP contribution in [-0.2, 0) is 17.8 Å². The number of thiocarbonyl (C=S) groups is 1. The number of benzene rings is 2. The van der Waals surface area contributed by atoms with E-state index in [0.29, 0.717) is 39.1 Å². The summed E-state index contributed by atoms with van der Waals surface area (Å²) < 4.78 is 6.39. The molecule has 0 unspecified atom stereocenters. The summed E-state index contributed by atoms with van der Waals surface area (Å²) in [5.74, 6) is 0.229. The second kappa shape index (κ2) is 9.24. The first-order valence-electron chi connectivity index (χ1n) is 9.21. The molecule has 0 aliphatic carbocycles. The minimum Gasteiger partial charge on any atom is -0.507 e. The summed E-state index contributed by atoms with van der Waals surface area (Å²) in [6.45, 7) is 3.77. The van der Waals surface area contributed by atoms with E-state index in [4.69, 9.17) is 17.0 Å². The van der Waals surface area contributed by atoms with Crippen molar-refractivity contribution in [1.29, 1.82) is 0 Å². The number of amides is 1. The molecule has 0 bridgehead atoms. The first-order chi connectivity index (χ1) is 13.9. The van der Waals surface area contributed by atoms with E-state index in [1.54, 1.807) is 18.2 Å². The van der Waals surface area contributed by atoms with E-state index in [-0.39, 0.29) is 17.4 Å².